The standard InChI is InChI=1S/C34H26O4/c1-5-27-17-25(19-35)13-15-33(27)37-21-29-9-7-11-31(23(29)3)32-12-8-10-30(24(32)4)22-38-34-16-14-26(20-36)18-28(34)6-2/h1-2,7-20H,21-22H2,3-4H3. The van der Waals surface area contributed by atoms with E-state index in [1.165, 1.54) is 0 Å². The van der Waals surface area contributed by atoms with Crippen molar-refractivity contribution in [3.8, 4) is 47.3 Å². The predicted molar refractivity (Wildman–Crippen MR) is 150 cm³/mol. The first-order valence-electron chi connectivity index (χ1n) is 12.0. The highest BCUT2D eigenvalue weighted by molar-refractivity contribution is 5.77. The van der Waals surface area contributed by atoms with Gasteiger partial charge >= 0.3 is 0 Å². The van der Waals surface area contributed by atoms with Crippen molar-refractivity contribution in [1.82, 2.24) is 0 Å². The van der Waals surface area contributed by atoms with Crippen LogP contribution >= 0.6 is 0 Å². The maximum Gasteiger partial charge on any atom is 0.150 e. The Balaban J connectivity index is 1.57. The first kappa shape index (κ1) is 26.0. The van der Waals surface area contributed by atoms with E-state index in [9.17, 15) is 9.59 Å². The Hall–Kier alpha value is -5.06. The molecular weight excluding hydrogens is 472 g/mol. The van der Waals surface area contributed by atoms with Crippen molar-refractivity contribution in [3.05, 3.63) is 117 Å². The number of terminal acetylenes is 2. The lowest BCUT2D eigenvalue weighted by atomic mass is 9.92. The summed E-state index contributed by atoms with van der Waals surface area (Å²) in [6, 6.07) is 22.4. The van der Waals surface area contributed by atoms with E-state index < -0.39 is 0 Å². The summed E-state index contributed by atoms with van der Waals surface area (Å²) in [5.74, 6) is 6.29. The van der Waals surface area contributed by atoms with E-state index in [4.69, 9.17) is 22.3 Å². The summed E-state index contributed by atoms with van der Waals surface area (Å²) in [7, 11) is 0. The van der Waals surface area contributed by atoms with Crippen LogP contribution in [-0.2, 0) is 13.2 Å². The quantitative estimate of drug-likeness (QED) is 0.190. The molecule has 0 aliphatic rings. The molecule has 186 valence electrons. The van der Waals surface area contributed by atoms with Gasteiger partial charge in [-0.15, -0.1) is 12.8 Å². The third-order valence-corrected chi connectivity index (χ3v) is 6.54. The van der Waals surface area contributed by atoms with Crippen molar-refractivity contribution in [2.45, 2.75) is 27.1 Å². The van der Waals surface area contributed by atoms with Gasteiger partial charge in [0, 0.05) is 11.1 Å². The third kappa shape index (κ3) is 5.51. The first-order chi connectivity index (χ1) is 18.5. The summed E-state index contributed by atoms with van der Waals surface area (Å²) in [5, 5.41) is 0. The van der Waals surface area contributed by atoms with Gasteiger partial charge in [-0.2, -0.15) is 0 Å². The number of hydrogen-bond acceptors (Lipinski definition) is 4. The number of carbonyl (C=O) groups excluding carboxylic acids is 2. The van der Waals surface area contributed by atoms with Crippen molar-refractivity contribution >= 4 is 12.6 Å². The summed E-state index contributed by atoms with van der Waals surface area (Å²) < 4.78 is 12.1. The molecule has 0 amide bonds. The molecule has 4 heteroatoms. The summed E-state index contributed by atoms with van der Waals surface area (Å²) in [6.45, 7) is 4.81. The molecule has 0 bridgehead atoms. The van der Waals surface area contributed by atoms with Gasteiger partial charge in [-0.3, -0.25) is 9.59 Å². The van der Waals surface area contributed by atoms with E-state index in [1.54, 1.807) is 36.4 Å². The Kier molecular flexibility index (Phi) is 8.07. The zero-order chi connectivity index (χ0) is 27.1. The van der Waals surface area contributed by atoms with Crippen LogP contribution in [0.5, 0.6) is 11.5 Å². The van der Waals surface area contributed by atoms with Gasteiger partial charge in [0.2, 0.25) is 0 Å². The van der Waals surface area contributed by atoms with Crippen LogP contribution in [0.4, 0.5) is 0 Å². The number of rotatable bonds is 9. The highest BCUT2D eigenvalue weighted by Crippen LogP contribution is 2.32. The van der Waals surface area contributed by atoms with Crippen LogP contribution < -0.4 is 9.47 Å². The highest BCUT2D eigenvalue weighted by Gasteiger charge is 2.13. The smallest absolute Gasteiger partial charge is 0.150 e. The van der Waals surface area contributed by atoms with Crippen molar-refractivity contribution in [2.24, 2.45) is 0 Å². The molecule has 0 radical (unpaired) electrons. The van der Waals surface area contributed by atoms with Crippen molar-refractivity contribution in [3.63, 3.8) is 0 Å². The van der Waals surface area contributed by atoms with Gasteiger partial charge < -0.3 is 9.47 Å². The van der Waals surface area contributed by atoms with Crippen LogP contribution in [0, 0.1) is 38.5 Å². The van der Waals surface area contributed by atoms with E-state index in [2.05, 4.69) is 37.8 Å². The summed E-state index contributed by atoms with van der Waals surface area (Å²) in [6.07, 6.45) is 12.8. The topological polar surface area (TPSA) is 52.6 Å². The van der Waals surface area contributed by atoms with Crippen LogP contribution in [0.2, 0.25) is 0 Å². The Morgan fingerprint density at radius 3 is 1.45 bits per heavy atom. The molecule has 4 nitrogen and oxygen atoms in total. The molecule has 38 heavy (non-hydrogen) atoms. The molecule has 4 rings (SSSR count). The van der Waals surface area contributed by atoms with Crippen LogP contribution in [0.25, 0.3) is 11.1 Å². The Labute approximate surface area is 223 Å². The maximum absolute atomic E-state index is 11.1. The summed E-state index contributed by atoms with van der Waals surface area (Å²) >= 11 is 0. The number of carbonyl (C=O) groups is 2. The average Bonchev–Trinajstić information content (AvgIpc) is 2.96. The fourth-order valence-electron chi connectivity index (χ4n) is 4.29. The first-order valence-corrected chi connectivity index (χ1v) is 12.0. The second-order valence-corrected chi connectivity index (χ2v) is 8.79. The molecule has 0 saturated heterocycles. The van der Waals surface area contributed by atoms with Crippen LogP contribution in [0.15, 0.2) is 72.8 Å². The second kappa shape index (κ2) is 11.8. The zero-order valence-corrected chi connectivity index (χ0v) is 21.3. The van der Waals surface area contributed by atoms with Gasteiger partial charge in [-0.1, -0.05) is 48.2 Å². The third-order valence-electron chi connectivity index (χ3n) is 6.54. The number of benzene rings is 4. The summed E-state index contributed by atoms with van der Waals surface area (Å²) in [5.41, 5.74) is 8.55. The van der Waals surface area contributed by atoms with Crippen molar-refractivity contribution in [1.29, 1.82) is 0 Å². The largest absolute Gasteiger partial charge is 0.488 e. The average molecular weight is 499 g/mol. The normalized spacial score (nSPS) is 10.2. The second-order valence-electron chi connectivity index (χ2n) is 8.79. The molecule has 0 atom stereocenters. The molecule has 0 heterocycles. The van der Waals surface area contributed by atoms with E-state index >= 15 is 0 Å². The molecule has 0 unspecified atom stereocenters. The lowest BCUT2D eigenvalue weighted by Crippen LogP contribution is -2.03. The molecule has 0 aliphatic carbocycles. The molecule has 4 aromatic rings. The van der Waals surface area contributed by atoms with Crippen molar-refractivity contribution in [2.75, 3.05) is 0 Å². The van der Waals surface area contributed by atoms with Crippen LogP contribution in [-0.4, -0.2) is 12.6 Å². The Morgan fingerprint density at radius 2 is 1.08 bits per heavy atom. The predicted octanol–water partition coefficient (Wildman–Crippen LogP) is 6.72. The van der Waals surface area contributed by atoms with E-state index in [0.29, 0.717) is 47.0 Å². The molecule has 0 aromatic heterocycles. The molecule has 4 aromatic carbocycles. The van der Waals surface area contributed by atoms with Gasteiger partial charge in [0.1, 0.15) is 37.3 Å². The molecular formula is C34H26O4. The SMILES string of the molecule is C#Cc1cc(C=O)ccc1OCc1cccc(-c2cccc(COc3ccc(C=O)cc3C#C)c2C)c1C. The fraction of sp³-hybridized carbons (Fsp3) is 0.118. The molecule has 0 saturated carbocycles. The maximum atomic E-state index is 11.1. The zero-order valence-electron chi connectivity index (χ0n) is 21.3. The van der Waals surface area contributed by atoms with Gasteiger partial charge in [0.15, 0.2) is 0 Å². The number of aldehydes is 2. The Bertz CT molecular complexity index is 1480. The minimum absolute atomic E-state index is 0.336. The lowest BCUT2D eigenvalue weighted by Gasteiger charge is -2.17. The lowest BCUT2D eigenvalue weighted by molar-refractivity contribution is 0.111. The Morgan fingerprint density at radius 1 is 0.658 bits per heavy atom. The van der Waals surface area contributed by atoms with Crippen molar-refractivity contribution < 1.29 is 19.1 Å². The molecule has 0 fully saturated rings. The monoisotopic (exact) mass is 498 g/mol. The van der Waals surface area contributed by atoms with E-state index in [0.717, 1.165) is 46.0 Å². The van der Waals surface area contributed by atoms with E-state index in [1.807, 2.05) is 24.3 Å². The van der Waals surface area contributed by atoms with Gasteiger partial charge in [0.05, 0.1) is 11.1 Å². The fourth-order valence-corrected chi connectivity index (χ4v) is 4.29. The van der Waals surface area contributed by atoms with Crippen LogP contribution in [0.3, 0.4) is 0 Å². The molecule has 0 spiro atoms. The highest BCUT2D eigenvalue weighted by atomic mass is 16.5. The minimum atomic E-state index is 0.336. The molecule has 0 N–H and O–H groups in total. The van der Waals surface area contributed by atoms with Crippen LogP contribution in [0.1, 0.15) is 54.1 Å². The number of ether oxygens (including phenoxy) is 2. The summed E-state index contributed by atoms with van der Waals surface area (Å²) in [4.78, 5) is 22.1. The molecule has 0 aliphatic heterocycles. The van der Waals surface area contributed by atoms with E-state index in [-0.39, 0.29) is 0 Å². The van der Waals surface area contributed by atoms with Gasteiger partial charge in [-0.05, 0) is 83.6 Å². The number of hydrogen-bond donors (Lipinski definition) is 0. The van der Waals surface area contributed by atoms with Gasteiger partial charge in [-0.25, -0.2) is 0 Å². The minimum Gasteiger partial charge on any atom is -0.488 e. The van der Waals surface area contributed by atoms with Gasteiger partial charge in [0.25, 0.3) is 0 Å².